The summed E-state index contributed by atoms with van der Waals surface area (Å²) in [6.07, 6.45) is 4.23. The first-order valence-electron chi connectivity index (χ1n) is 7.45. The minimum Gasteiger partial charge on any atom is -0.273 e. The van der Waals surface area contributed by atoms with Crippen molar-refractivity contribution in [2.24, 2.45) is 16.1 Å². The second kappa shape index (κ2) is 8.03. The third-order valence-corrected chi connectivity index (χ3v) is 3.47. The summed E-state index contributed by atoms with van der Waals surface area (Å²) < 4.78 is 0. The molecule has 1 aromatic rings. The molecule has 120 valence electrons. The van der Waals surface area contributed by atoms with Gasteiger partial charge in [-0.25, -0.2) is 10.9 Å². The van der Waals surface area contributed by atoms with Crippen LogP contribution in [-0.4, -0.2) is 23.7 Å². The molecule has 1 aliphatic rings. The lowest BCUT2D eigenvalue weighted by Crippen LogP contribution is -2.25. The largest absolute Gasteiger partial charge is 0.273 e. The number of carbonyl (C=O) groups is 2. The Hall–Kier alpha value is -2.76. The predicted molar refractivity (Wildman–Crippen MR) is 90.7 cm³/mol. The zero-order valence-corrected chi connectivity index (χ0v) is 13.2. The van der Waals surface area contributed by atoms with Crippen molar-refractivity contribution in [3.63, 3.8) is 0 Å². The summed E-state index contributed by atoms with van der Waals surface area (Å²) in [5.41, 5.74) is 7.59. The van der Waals surface area contributed by atoms with Gasteiger partial charge in [-0.05, 0) is 31.4 Å². The van der Waals surface area contributed by atoms with Gasteiger partial charge in [0.1, 0.15) is 0 Å². The van der Waals surface area contributed by atoms with Gasteiger partial charge in [-0.3, -0.25) is 9.59 Å². The Morgan fingerprint density at radius 1 is 1.39 bits per heavy atom. The zero-order valence-electron chi connectivity index (χ0n) is 13.2. The van der Waals surface area contributed by atoms with E-state index in [1.807, 2.05) is 43.3 Å². The van der Waals surface area contributed by atoms with Crippen LogP contribution in [0.5, 0.6) is 0 Å². The molecule has 0 spiro atoms. The molecule has 2 amide bonds. The van der Waals surface area contributed by atoms with Crippen molar-refractivity contribution in [2.75, 3.05) is 0 Å². The van der Waals surface area contributed by atoms with Crippen LogP contribution in [0.4, 0.5) is 0 Å². The number of nitrogens with one attached hydrogen (secondary N) is 2. The zero-order chi connectivity index (χ0) is 16.7. The Morgan fingerprint density at radius 3 is 2.78 bits per heavy atom. The van der Waals surface area contributed by atoms with E-state index in [2.05, 4.69) is 21.1 Å². The Balaban J connectivity index is 1.77. The number of carbonyl (C=O) groups excluding carboxylic acids is 2. The van der Waals surface area contributed by atoms with Gasteiger partial charge in [0.15, 0.2) is 0 Å². The maximum Gasteiger partial charge on any atom is 0.248 e. The summed E-state index contributed by atoms with van der Waals surface area (Å²) in [4.78, 5) is 23.2. The van der Waals surface area contributed by atoms with Crippen LogP contribution in [0.2, 0.25) is 0 Å². The van der Waals surface area contributed by atoms with E-state index in [1.165, 1.54) is 0 Å². The molecule has 2 rings (SSSR count). The lowest BCUT2D eigenvalue weighted by Gasteiger charge is -2.06. The third-order valence-electron chi connectivity index (χ3n) is 3.47. The molecule has 0 saturated carbocycles. The van der Waals surface area contributed by atoms with Crippen molar-refractivity contribution in [2.45, 2.75) is 26.7 Å². The molecule has 6 heteroatoms. The van der Waals surface area contributed by atoms with E-state index in [0.29, 0.717) is 12.1 Å². The average molecular weight is 312 g/mol. The Morgan fingerprint density at radius 2 is 2.13 bits per heavy atom. The van der Waals surface area contributed by atoms with Crippen LogP contribution in [0.25, 0.3) is 6.08 Å². The Kier molecular flexibility index (Phi) is 5.80. The number of hydrogen-bond acceptors (Lipinski definition) is 4. The minimum absolute atomic E-state index is 0.152. The second-order valence-electron chi connectivity index (χ2n) is 5.41. The second-order valence-corrected chi connectivity index (χ2v) is 5.41. The number of benzene rings is 1. The highest BCUT2D eigenvalue weighted by Crippen LogP contribution is 2.13. The topological polar surface area (TPSA) is 82.9 Å². The van der Waals surface area contributed by atoms with E-state index in [-0.39, 0.29) is 24.2 Å². The molecule has 0 radical (unpaired) electrons. The highest BCUT2D eigenvalue weighted by Gasteiger charge is 2.26. The molecular weight excluding hydrogens is 292 g/mol. The van der Waals surface area contributed by atoms with Crippen molar-refractivity contribution in [3.8, 4) is 0 Å². The highest BCUT2D eigenvalue weighted by molar-refractivity contribution is 6.07. The number of amides is 2. The maximum atomic E-state index is 11.7. The molecule has 0 fully saturated rings. The molecule has 2 N–H and O–H groups in total. The van der Waals surface area contributed by atoms with Crippen LogP contribution in [0, 0.1) is 5.92 Å². The van der Waals surface area contributed by atoms with E-state index in [0.717, 1.165) is 11.1 Å². The lowest BCUT2D eigenvalue weighted by atomic mass is 9.99. The molecule has 1 aliphatic heterocycles. The fourth-order valence-corrected chi connectivity index (χ4v) is 2.22. The average Bonchev–Trinajstić information content (AvgIpc) is 2.85. The Labute approximate surface area is 135 Å². The molecule has 1 heterocycles. The third kappa shape index (κ3) is 5.18. The van der Waals surface area contributed by atoms with Gasteiger partial charge in [-0.2, -0.15) is 10.2 Å². The Bertz CT molecular complexity index is 662. The normalized spacial score (nSPS) is 18.0. The van der Waals surface area contributed by atoms with E-state index < -0.39 is 0 Å². The smallest absolute Gasteiger partial charge is 0.248 e. The van der Waals surface area contributed by atoms with E-state index in [4.69, 9.17) is 0 Å². The monoisotopic (exact) mass is 312 g/mol. The van der Waals surface area contributed by atoms with Crippen LogP contribution in [0.3, 0.4) is 0 Å². The summed E-state index contributed by atoms with van der Waals surface area (Å²) in [6.45, 7) is 3.68. The number of rotatable bonds is 6. The molecule has 1 aromatic carbocycles. The fraction of sp³-hybridized carbons (Fsp3) is 0.294. The molecule has 23 heavy (non-hydrogen) atoms. The molecular formula is C17H20N4O2. The SMILES string of the molecule is CC(C=NNC(=O)CCC1C(=O)NN=C1C)=Cc1ccccc1. The van der Waals surface area contributed by atoms with Gasteiger partial charge in [0.2, 0.25) is 11.8 Å². The maximum absolute atomic E-state index is 11.7. The molecule has 0 aliphatic carbocycles. The van der Waals surface area contributed by atoms with Gasteiger partial charge in [0, 0.05) is 12.1 Å². The first-order valence-corrected chi connectivity index (χ1v) is 7.45. The first-order chi connectivity index (χ1) is 11.1. The summed E-state index contributed by atoms with van der Waals surface area (Å²) in [5, 5.41) is 7.78. The number of nitrogens with zero attached hydrogens (tertiary/aromatic N) is 2. The van der Waals surface area contributed by atoms with Gasteiger partial charge in [-0.15, -0.1) is 0 Å². The minimum atomic E-state index is -0.315. The van der Waals surface area contributed by atoms with Crippen molar-refractivity contribution in [1.29, 1.82) is 0 Å². The van der Waals surface area contributed by atoms with Crippen LogP contribution < -0.4 is 10.9 Å². The number of hydrogen-bond donors (Lipinski definition) is 2. The fourth-order valence-electron chi connectivity index (χ4n) is 2.22. The lowest BCUT2D eigenvalue weighted by molar-refractivity contribution is -0.123. The summed E-state index contributed by atoms with van der Waals surface area (Å²) in [6, 6.07) is 9.86. The van der Waals surface area contributed by atoms with E-state index in [9.17, 15) is 9.59 Å². The van der Waals surface area contributed by atoms with E-state index >= 15 is 0 Å². The number of allylic oxidation sites excluding steroid dienone is 1. The molecule has 1 atom stereocenters. The quantitative estimate of drug-likeness (QED) is 0.623. The summed E-state index contributed by atoms with van der Waals surface area (Å²) in [5.74, 6) is -0.689. The van der Waals surface area contributed by atoms with Crippen LogP contribution >= 0.6 is 0 Å². The van der Waals surface area contributed by atoms with Crippen LogP contribution in [-0.2, 0) is 9.59 Å². The van der Waals surface area contributed by atoms with Crippen LogP contribution in [0.15, 0.2) is 46.1 Å². The van der Waals surface area contributed by atoms with Gasteiger partial charge in [-0.1, -0.05) is 36.4 Å². The van der Waals surface area contributed by atoms with E-state index in [1.54, 1.807) is 13.1 Å². The summed E-state index contributed by atoms with van der Waals surface area (Å²) >= 11 is 0. The molecule has 0 saturated heterocycles. The van der Waals surface area contributed by atoms with Crippen molar-refractivity contribution in [3.05, 3.63) is 41.5 Å². The molecule has 1 unspecified atom stereocenters. The van der Waals surface area contributed by atoms with Crippen molar-refractivity contribution >= 4 is 29.8 Å². The van der Waals surface area contributed by atoms with Crippen LogP contribution in [0.1, 0.15) is 32.3 Å². The van der Waals surface area contributed by atoms with Crippen molar-refractivity contribution in [1.82, 2.24) is 10.9 Å². The van der Waals surface area contributed by atoms with Gasteiger partial charge >= 0.3 is 0 Å². The first kappa shape index (κ1) is 16.6. The molecule has 0 bridgehead atoms. The highest BCUT2D eigenvalue weighted by atomic mass is 16.2. The molecule has 6 nitrogen and oxygen atoms in total. The summed E-state index contributed by atoms with van der Waals surface area (Å²) in [7, 11) is 0. The predicted octanol–water partition coefficient (Wildman–Crippen LogP) is 2.09. The van der Waals surface area contributed by atoms with Gasteiger partial charge in [0.05, 0.1) is 12.1 Å². The van der Waals surface area contributed by atoms with Gasteiger partial charge in [0.25, 0.3) is 0 Å². The van der Waals surface area contributed by atoms with Crippen molar-refractivity contribution < 1.29 is 9.59 Å². The van der Waals surface area contributed by atoms with Gasteiger partial charge < -0.3 is 0 Å². The standard InChI is InChI=1S/C17H20N4O2/c1-12(10-14-6-4-3-5-7-14)11-18-20-16(22)9-8-15-13(2)19-21-17(15)23/h3-7,10-11,15H,8-9H2,1-2H3,(H,20,22)(H,21,23). The molecule has 0 aromatic heterocycles. The number of hydrazone groups is 2.